The van der Waals surface area contributed by atoms with E-state index in [1.165, 1.54) is 22.4 Å². The number of ether oxygens (including phenoxy) is 2. The maximum absolute atomic E-state index is 5.58. The van der Waals surface area contributed by atoms with Crippen molar-refractivity contribution in [1.29, 1.82) is 0 Å². The highest BCUT2D eigenvalue weighted by Gasteiger charge is 2.25. The Morgan fingerprint density at radius 3 is 2.72 bits per heavy atom. The van der Waals surface area contributed by atoms with Gasteiger partial charge in [0.05, 0.1) is 26.1 Å². The third kappa shape index (κ3) is 3.75. The van der Waals surface area contributed by atoms with Crippen molar-refractivity contribution in [1.82, 2.24) is 15.1 Å². The van der Waals surface area contributed by atoms with Crippen molar-refractivity contribution in [3.63, 3.8) is 0 Å². The minimum atomic E-state index is 0.287. The van der Waals surface area contributed by atoms with Gasteiger partial charge in [0, 0.05) is 29.4 Å². The van der Waals surface area contributed by atoms with E-state index in [0.717, 1.165) is 48.6 Å². The highest BCUT2D eigenvalue weighted by Crippen LogP contribution is 2.34. The van der Waals surface area contributed by atoms with Gasteiger partial charge in [-0.2, -0.15) is 5.10 Å². The van der Waals surface area contributed by atoms with Crippen LogP contribution in [0.3, 0.4) is 0 Å². The molecule has 3 aromatic rings. The lowest BCUT2D eigenvalue weighted by atomic mass is 9.92. The molecule has 0 fully saturated rings. The van der Waals surface area contributed by atoms with Crippen LogP contribution in [-0.4, -0.2) is 24.0 Å². The van der Waals surface area contributed by atoms with Crippen molar-refractivity contribution in [3.8, 4) is 17.2 Å². The number of nitrogens with zero attached hydrogens (tertiary/aromatic N) is 2. The topological polar surface area (TPSA) is 48.3 Å². The Labute approximate surface area is 172 Å². The standard InChI is InChI=1S/C24H29N3O2/c1-16-11-12-19(13-17(16)2)27-22-9-6-8-21(20(22)15-26-27)25-14-18-7-5-10-23(28-3)24(18)29-4/h5,7,10-13,15,21,25H,6,8-9,14H2,1-4H3/t21-/m0/s1. The molecule has 0 spiro atoms. The third-order valence-electron chi connectivity index (χ3n) is 5.94. The van der Waals surface area contributed by atoms with E-state index >= 15 is 0 Å². The van der Waals surface area contributed by atoms with E-state index in [0.29, 0.717) is 0 Å². The van der Waals surface area contributed by atoms with Crippen molar-refractivity contribution in [2.45, 2.75) is 45.7 Å². The summed E-state index contributed by atoms with van der Waals surface area (Å²) in [5.74, 6) is 1.56. The Morgan fingerprint density at radius 2 is 1.97 bits per heavy atom. The van der Waals surface area contributed by atoms with Crippen LogP contribution < -0.4 is 14.8 Å². The summed E-state index contributed by atoms with van der Waals surface area (Å²) in [4.78, 5) is 0. The van der Waals surface area contributed by atoms with Crippen molar-refractivity contribution < 1.29 is 9.47 Å². The number of methoxy groups -OCH3 is 2. The van der Waals surface area contributed by atoms with Crippen LogP contribution in [0.1, 0.15) is 46.8 Å². The summed E-state index contributed by atoms with van der Waals surface area (Å²) in [7, 11) is 3.36. The summed E-state index contributed by atoms with van der Waals surface area (Å²) >= 11 is 0. The Kier molecular flexibility index (Phi) is 5.58. The highest BCUT2D eigenvalue weighted by molar-refractivity contribution is 5.47. The van der Waals surface area contributed by atoms with Crippen molar-refractivity contribution in [2.24, 2.45) is 0 Å². The Hall–Kier alpha value is -2.79. The monoisotopic (exact) mass is 391 g/mol. The van der Waals surface area contributed by atoms with Crippen LogP contribution in [0.2, 0.25) is 0 Å². The van der Waals surface area contributed by atoms with Crippen LogP contribution in [0, 0.1) is 13.8 Å². The molecule has 1 aliphatic carbocycles. The van der Waals surface area contributed by atoms with Crippen LogP contribution >= 0.6 is 0 Å². The summed E-state index contributed by atoms with van der Waals surface area (Å²) in [5.41, 5.74) is 7.46. The average molecular weight is 392 g/mol. The minimum absolute atomic E-state index is 0.287. The molecule has 0 saturated carbocycles. The van der Waals surface area contributed by atoms with Gasteiger partial charge < -0.3 is 14.8 Å². The van der Waals surface area contributed by atoms with Gasteiger partial charge in [0.1, 0.15) is 0 Å². The zero-order chi connectivity index (χ0) is 20.4. The predicted molar refractivity (Wildman–Crippen MR) is 115 cm³/mol. The van der Waals surface area contributed by atoms with Crippen molar-refractivity contribution in [2.75, 3.05) is 14.2 Å². The van der Waals surface area contributed by atoms with Crippen molar-refractivity contribution >= 4 is 0 Å². The number of para-hydroxylation sites is 1. The molecule has 0 amide bonds. The Bertz CT molecular complexity index is 1010. The SMILES string of the molecule is COc1cccc(CN[C@H]2CCCc3c2cnn3-c2ccc(C)c(C)c2)c1OC. The average Bonchev–Trinajstić information content (AvgIpc) is 3.18. The lowest BCUT2D eigenvalue weighted by molar-refractivity contribution is 0.349. The van der Waals surface area contributed by atoms with Crippen LogP contribution in [-0.2, 0) is 13.0 Å². The van der Waals surface area contributed by atoms with E-state index in [1.807, 2.05) is 18.3 Å². The lowest BCUT2D eigenvalue weighted by Crippen LogP contribution is -2.25. The molecule has 2 aromatic carbocycles. The largest absolute Gasteiger partial charge is 0.493 e. The molecular weight excluding hydrogens is 362 g/mol. The fourth-order valence-electron chi connectivity index (χ4n) is 4.17. The van der Waals surface area contributed by atoms with Crippen molar-refractivity contribution in [3.05, 3.63) is 70.5 Å². The summed E-state index contributed by atoms with van der Waals surface area (Å²) < 4.78 is 13.1. The second-order valence-corrected chi connectivity index (χ2v) is 7.71. The van der Waals surface area contributed by atoms with Crippen LogP contribution in [0.15, 0.2) is 42.6 Å². The van der Waals surface area contributed by atoms with Gasteiger partial charge in [-0.1, -0.05) is 18.2 Å². The third-order valence-corrected chi connectivity index (χ3v) is 5.94. The Balaban J connectivity index is 1.57. The number of benzene rings is 2. The van der Waals surface area contributed by atoms with Crippen LogP contribution in [0.25, 0.3) is 5.69 Å². The van der Waals surface area contributed by atoms with E-state index < -0.39 is 0 Å². The summed E-state index contributed by atoms with van der Waals surface area (Å²) in [6.45, 7) is 5.02. The first-order valence-electron chi connectivity index (χ1n) is 10.2. The second-order valence-electron chi connectivity index (χ2n) is 7.71. The molecule has 5 heteroatoms. The molecule has 0 saturated heterocycles. The first kappa shape index (κ1) is 19.5. The minimum Gasteiger partial charge on any atom is -0.493 e. The quantitative estimate of drug-likeness (QED) is 0.663. The van der Waals surface area contributed by atoms with E-state index in [9.17, 15) is 0 Å². The molecule has 29 heavy (non-hydrogen) atoms. The first-order chi connectivity index (χ1) is 14.1. The molecule has 0 bridgehead atoms. The lowest BCUT2D eigenvalue weighted by Gasteiger charge is -2.25. The van der Waals surface area contributed by atoms with Gasteiger partial charge in [-0.25, -0.2) is 4.68 Å². The van der Waals surface area contributed by atoms with Gasteiger partial charge in [0.2, 0.25) is 0 Å². The number of nitrogens with one attached hydrogen (secondary N) is 1. The maximum atomic E-state index is 5.58. The molecule has 1 aliphatic rings. The Morgan fingerprint density at radius 1 is 1.10 bits per heavy atom. The number of fused-ring (bicyclic) bond motifs is 1. The van der Waals surface area contributed by atoms with Gasteiger partial charge in [0.25, 0.3) is 0 Å². The summed E-state index contributed by atoms with van der Waals surface area (Å²) in [6, 6.07) is 12.9. The van der Waals surface area contributed by atoms with Gasteiger partial charge in [-0.05, 0) is 62.4 Å². The number of hydrogen-bond donors (Lipinski definition) is 1. The molecule has 1 heterocycles. The zero-order valence-corrected chi connectivity index (χ0v) is 17.7. The fourth-order valence-corrected chi connectivity index (χ4v) is 4.17. The number of aromatic nitrogens is 2. The van der Waals surface area contributed by atoms with E-state index in [-0.39, 0.29) is 6.04 Å². The molecule has 1 atom stereocenters. The molecule has 0 aliphatic heterocycles. The van der Waals surface area contributed by atoms with E-state index in [4.69, 9.17) is 14.6 Å². The van der Waals surface area contributed by atoms with Gasteiger partial charge in [-0.3, -0.25) is 0 Å². The highest BCUT2D eigenvalue weighted by atomic mass is 16.5. The number of hydrogen-bond acceptors (Lipinski definition) is 4. The fraction of sp³-hybridized carbons (Fsp3) is 0.375. The predicted octanol–water partition coefficient (Wildman–Crippen LogP) is 4.67. The summed E-state index contributed by atoms with van der Waals surface area (Å²) in [6.07, 6.45) is 5.35. The molecule has 4 rings (SSSR count). The molecular formula is C24H29N3O2. The van der Waals surface area contributed by atoms with Gasteiger partial charge >= 0.3 is 0 Å². The molecule has 152 valence electrons. The smallest absolute Gasteiger partial charge is 0.165 e. The molecule has 0 radical (unpaired) electrons. The number of rotatable bonds is 6. The molecule has 1 aromatic heterocycles. The van der Waals surface area contributed by atoms with E-state index in [1.54, 1.807) is 14.2 Å². The zero-order valence-electron chi connectivity index (χ0n) is 17.7. The summed E-state index contributed by atoms with van der Waals surface area (Å²) in [5, 5.41) is 8.45. The van der Waals surface area contributed by atoms with Gasteiger partial charge in [0.15, 0.2) is 11.5 Å². The van der Waals surface area contributed by atoms with Gasteiger partial charge in [-0.15, -0.1) is 0 Å². The second kappa shape index (κ2) is 8.29. The normalized spacial score (nSPS) is 15.8. The number of aryl methyl sites for hydroxylation is 2. The molecule has 1 N–H and O–H groups in total. The first-order valence-corrected chi connectivity index (χ1v) is 10.2. The van der Waals surface area contributed by atoms with E-state index in [2.05, 4.69) is 48.1 Å². The molecule has 0 unspecified atom stereocenters. The van der Waals surface area contributed by atoms with Crippen LogP contribution in [0.5, 0.6) is 11.5 Å². The maximum Gasteiger partial charge on any atom is 0.165 e. The molecule has 5 nitrogen and oxygen atoms in total. The van der Waals surface area contributed by atoms with Crippen LogP contribution in [0.4, 0.5) is 0 Å².